The average molecular weight is 267 g/mol. The monoisotopic (exact) mass is 267 g/mol. The van der Waals surface area contributed by atoms with E-state index in [-0.39, 0.29) is 11.4 Å². The zero-order valence-electron chi connectivity index (χ0n) is 10.9. The van der Waals surface area contributed by atoms with Crippen LogP contribution in [0.2, 0.25) is 0 Å². The van der Waals surface area contributed by atoms with Gasteiger partial charge in [-0.15, -0.1) is 0 Å². The van der Waals surface area contributed by atoms with Crippen molar-refractivity contribution in [1.82, 2.24) is 4.90 Å². The number of carboxylic acids is 1. The van der Waals surface area contributed by atoms with Gasteiger partial charge in [0.25, 0.3) is 0 Å². The molecule has 1 aliphatic rings. The molecule has 104 valence electrons. The Morgan fingerprint density at radius 3 is 2.84 bits per heavy atom. The maximum Gasteiger partial charge on any atom is 0.335 e. The van der Waals surface area contributed by atoms with Crippen LogP contribution in [0.3, 0.4) is 0 Å². The molecular formula is C14H18FNO3. The highest BCUT2D eigenvalue weighted by Gasteiger charge is 2.29. The SMILES string of the molecule is COCCN(Cc1cc(C(=O)O)ccc1F)C1CC1. The van der Waals surface area contributed by atoms with E-state index in [0.717, 1.165) is 19.4 Å². The first-order valence-corrected chi connectivity index (χ1v) is 6.36. The molecule has 0 bridgehead atoms. The molecule has 0 saturated heterocycles. The van der Waals surface area contributed by atoms with Crippen LogP contribution in [0.15, 0.2) is 18.2 Å². The van der Waals surface area contributed by atoms with E-state index >= 15 is 0 Å². The van der Waals surface area contributed by atoms with Gasteiger partial charge in [0.2, 0.25) is 0 Å². The molecule has 0 radical (unpaired) electrons. The van der Waals surface area contributed by atoms with Gasteiger partial charge in [-0.05, 0) is 31.0 Å². The zero-order chi connectivity index (χ0) is 13.8. The molecule has 0 aliphatic heterocycles. The van der Waals surface area contributed by atoms with Crippen molar-refractivity contribution < 1.29 is 19.0 Å². The number of benzene rings is 1. The maximum absolute atomic E-state index is 13.7. The number of rotatable bonds is 7. The van der Waals surface area contributed by atoms with Crippen LogP contribution in [0.1, 0.15) is 28.8 Å². The molecule has 5 heteroatoms. The lowest BCUT2D eigenvalue weighted by molar-refractivity contribution is 0.0696. The summed E-state index contributed by atoms with van der Waals surface area (Å²) in [6.07, 6.45) is 2.23. The Kier molecular flexibility index (Phi) is 4.50. The summed E-state index contributed by atoms with van der Waals surface area (Å²) in [5.74, 6) is -1.39. The van der Waals surface area contributed by atoms with E-state index in [9.17, 15) is 9.18 Å². The van der Waals surface area contributed by atoms with E-state index in [1.165, 1.54) is 18.2 Å². The number of aromatic carboxylic acids is 1. The number of ether oxygens (including phenoxy) is 1. The third kappa shape index (κ3) is 3.75. The minimum atomic E-state index is -1.03. The van der Waals surface area contributed by atoms with Gasteiger partial charge in [0.15, 0.2) is 0 Å². The first-order chi connectivity index (χ1) is 9.11. The standard InChI is InChI=1S/C14H18FNO3/c1-19-7-6-16(12-3-4-12)9-11-8-10(14(17)18)2-5-13(11)15/h2,5,8,12H,3-4,6-7,9H2,1H3,(H,17,18). The summed E-state index contributed by atoms with van der Waals surface area (Å²) in [4.78, 5) is 13.1. The van der Waals surface area contributed by atoms with Gasteiger partial charge in [-0.2, -0.15) is 0 Å². The molecule has 1 N–H and O–H groups in total. The van der Waals surface area contributed by atoms with Crippen molar-refractivity contribution in [2.45, 2.75) is 25.4 Å². The van der Waals surface area contributed by atoms with E-state index < -0.39 is 5.97 Å². The number of nitrogens with zero attached hydrogens (tertiary/aromatic N) is 1. The number of methoxy groups -OCH3 is 1. The van der Waals surface area contributed by atoms with Gasteiger partial charge >= 0.3 is 5.97 Å². The fraction of sp³-hybridized carbons (Fsp3) is 0.500. The van der Waals surface area contributed by atoms with E-state index in [1.807, 2.05) is 0 Å². The highest BCUT2D eigenvalue weighted by molar-refractivity contribution is 5.87. The second-order valence-corrected chi connectivity index (χ2v) is 4.81. The van der Waals surface area contributed by atoms with Gasteiger partial charge in [-0.3, -0.25) is 4.90 Å². The van der Waals surface area contributed by atoms with Crippen LogP contribution in [-0.4, -0.2) is 42.3 Å². The molecule has 19 heavy (non-hydrogen) atoms. The second-order valence-electron chi connectivity index (χ2n) is 4.81. The molecule has 0 atom stereocenters. The van der Waals surface area contributed by atoms with Crippen molar-refractivity contribution in [1.29, 1.82) is 0 Å². The molecule has 0 heterocycles. The van der Waals surface area contributed by atoms with Gasteiger partial charge in [0, 0.05) is 31.8 Å². The van der Waals surface area contributed by atoms with Crippen molar-refractivity contribution in [2.75, 3.05) is 20.3 Å². The van der Waals surface area contributed by atoms with Gasteiger partial charge in [-0.1, -0.05) is 0 Å². The van der Waals surface area contributed by atoms with Crippen molar-refractivity contribution in [2.24, 2.45) is 0 Å². The van der Waals surface area contributed by atoms with Crippen LogP contribution in [0.5, 0.6) is 0 Å². The van der Waals surface area contributed by atoms with Crippen molar-refractivity contribution >= 4 is 5.97 Å². The number of hydrogen-bond donors (Lipinski definition) is 1. The molecule has 4 nitrogen and oxygen atoms in total. The quantitative estimate of drug-likeness (QED) is 0.822. The summed E-state index contributed by atoms with van der Waals surface area (Å²) in [5, 5.41) is 8.94. The number of hydrogen-bond acceptors (Lipinski definition) is 3. The second kappa shape index (κ2) is 6.12. The highest BCUT2D eigenvalue weighted by Crippen LogP contribution is 2.28. The summed E-state index contributed by atoms with van der Waals surface area (Å²) >= 11 is 0. The first-order valence-electron chi connectivity index (χ1n) is 6.36. The fourth-order valence-corrected chi connectivity index (χ4v) is 2.09. The Labute approximate surface area is 111 Å². The zero-order valence-corrected chi connectivity index (χ0v) is 10.9. The molecule has 0 spiro atoms. The van der Waals surface area contributed by atoms with Gasteiger partial charge in [-0.25, -0.2) is 9.18 Å². The maximum atomic E-state index is 13.7. The van der Waals surface area contributed by atoms with Crippen LogP contribution in [0, 0.1) is 5.82 Å². The topological polar surface area (TPSA) is 49.8 Å². The highest BCUT2D eigenvalue weighted by atomic mass is 19.1. The Bertz CT molecular complexity index is 460. The van der Waals surface area contributed by atoms with Crippen molar-refractivity contribution in [3.05, 3.63) is 35.1 Å². The molecule has 1 aromatic carbocycles. The third-order valence-electron chi connectivity index (χ3n) is 3.31. The lowest BCUT2D eigenvalue weighted by Crippen LogP contribution is -2.29. The van der Waals surface area contributed by atoms with Crippen LogP contribution >= 0.6 is 0 Å². The molecular weight excluding hydrogens is 249 g/mol. The van der Waals surface area contributed by atoms with Crippen LogP contribution in [-0.2, 0) is 11.3 Å². The lowest BCUT2D eigenvalue weighted by Gasteiger charge is -2.22. The van der Waals surface area contributed by atoms with E-state index in [0.29, 0.717) is 24.8 Å². The van der Waals surface area contributed by atoms with Crippen LogP contribution in [0.4, 0.5) is 4.39 Å². The Morgan fingerprint density at radius 2 is 2.26 bits per heavy atom. The van der Waals surface area contributed by atoms with Crippen molar-refractivity contribution in [3.63, 3.8) is 0 Å². The Hall–Kier alpha value is -1.46. The molecule has 0 aromatic heterocycles. The van der Waals surface area contributed by atoms with Gasteiger partial charge < -0.3 is 9.84 Å². The molecule has 1 aliphatic carbocycles. The minimum Gasteiger partial charge on any atom is -0.478 e. The predicted molar refractivity (Wildman–Crippen MR) is 68.7 cm³/mol. The van der Waals surface area contributed by atoms with Crippen molar-refractivity contribution in [3.8, 4) is 0 Å². The number of halogens is 1. The van der Waals surface area contributed by atoms with Gasteiger partial charge in [0.05, 0.1) is 12.2 Å². The average Bonchev–Trinajstić information content (AvgIpc) is 3.20. The molecule has 1 fully saturated rings. The summed E-state index contributed by atoms with van der Waals surface area (Å²) in [7, 11) is 1.64. The fourth-order valence-electron chi connectivity index (χ4n) is 2.09. The van der Waals surface area contributed by atoms with Crippen LogP contribution in [0.25, 0.3) is 0 Å². The summed E-state index contributed by atoms with van der Waals surface area (Å²) in [6.45, 7) is 1.76. The number of carboxylic acid groups (broad SMARTS) is 1. The van der Waals surface area contributed by atoms with E-state index in [2.05, 4.69) is 4.90 Å². The third-order valence-corrected chi connectivity index (χ3v) is 3.31. The van der Waals surface area contributed by atoms with E-state index in [4.69, 9.17) is 9.84 Å². The first kappa shape index (κ1) is 14.0. The number of carbonyl (C=O) groups is 1. The smallest absolute Gasteiger partial charge is 0.335 e. The summed E-state index contributed by atoms with van der Waals surface area (Å²) in [5.41, 5.74) is 0.557. The Balaban J connectivity index is 2.11. The van der Waals surface area contributed by atoms with Crippen LogP contribution < -0.4 is 0 Å². The Morgan fingerprint density at radius 1 is 1.53 bits per heavy atom. The molecule has 2 rings (SSSR count). The normalized spacial score (nSPS) is 14.9. The lowest BCUT2D eigenvalue weighted by atomic mass is 10.1. The van der Waals surface area contributed by atoms with Gasteiger partial charge in [0.1, 0.15) is 5.82 Å². The molecule has 1 aromatic rings. The molecule has 0 amide bonds. The summed E-state index contributed by atoms with van der Waals surface area (Å²) in [6, 6.07) is 4.40. The predicted octanol–water partition coefficient (Wildman–Crippen LogP) is 2.13. The largest absolute Gasteiger partial charge is 0.478 e. The summed E-state index contributed by atoms with van der Waals surface area (Å²) < 4.78 is 18.8. The molecule has 1 saturated carbocycles. The van der Waals surface area contributed by atoms with E-state index in [1.54, 1.807) is 7.11 Å². The molecule has 0 unspecified atom stereocenters. The minimum absolute atomic E-state index is 0.124.